The van der Waals surface area contributed by atoms with Crippen LogP contribution in [-0.4, -0.2) is 16.9 Å². The minimum Gasteiger partial charge on any atom is -0.506 e. The minimum atomic E-state index is -0.803. The molecule has 0 atom stereocenters. The monoisotopic (exact) mass is 335 g/mol. The van der Waals surface area contributed by atoms with E-state index in [2.05, 4.69) is 10.6 Å². The number of anilines is 1. The van der Waals surface area contributed by atoms with Crippen LogP contribution in [0.5, 0.6) is 5.75 Å². The molecule has 0 radical (unpaired) electrons. The van der Waals surface area contributed by atoms with Crippen molar-refractivity contribution in [1.29, 1.82) is 5.26 Å². The van der Waals surface area contributed by atoms with Crippen molar-refractivity contribution in [3.63, 3.8) is 0 Å². The van der Waals surface area contributed by atoms with Crippen LogP contribution < -0.4 is 10.6 Å². The number of imide groups is 1. The maximum atomic E-state index is 12.0. The lowest BCUT2D eigenvalue weighted by molar-refractivity contribution is -0.127. The maximum absolute atomic E-state index is 12.0. The molecule has 2 rings (SSSR count). The van der Waals surface area contributed by atoms with Crippen molar-refractivity contribution < 1.29 is 14.7 Å². The first-order valence-electron chi connectivity index (χ1n) is 7.54. The molecule has 0 unspecified atom stereocenters. The Bertz CT molecular complexity index is 852. The number of nitrogens with one attached hydrogen (secondary N) is 2. The summed E-state index contributed by atoms with van der Waals surface area (Å²) in [6.45, 7) is 1.83. The van der Waals surface area contributed by atoms with Gasteiger partial charge in [0.05, 0.1) is 12.1 Å². The van der Waals surface area contributed by atoms with Crippen molar-refractivity contribution in [3.8, 4) is 11.8 Å². The van der Waals surface area contributed by atoms with Gasteiger partial charge in [0.15, 0.2) is 0 Å². The highest BCUT2D eigenvalue weighted by atomic mass is 16.3. The molecule has 0 saturated carbocycles. The first-order valence-corrected chi connectivity index (χ1v) is 7.54. The maximum Gasteiger partial charge on any atom is 0.270 e. The largest absolute Gasteiger partial charge is 0.506 e. The molecule has 25 heavy (non-hydrogen) atoms. The number of phenolic OH excluding ortho intramolecular Hbond substituents is 1. The topological polar surface area (TPSA) is 102 Å². The third-order valence-electron chi connectivity index (χ3n) is 3.35. The van der Waals surface area contributed by atoms with E-state index in [1.165, 1.54) is 0 Å². The van der Waals surface area contributed by atoms with E-state index in [0.717, 1.165) is 17.3 Å². The summed E-state index contributed by atoms with van der Waals surface area (Å²) in [6, 6.07) is 15.6. The van der Waals surface area contributed by atoms with Gasteiger partial charge in [0, 0.05) is 6.20 Å². The van der Waals surface area contributed by atoms with E-state index in [9.17, 15) is 14.7 Å². The van der Waals surface area contributed by atoms with Gasteiger partial charge in [0.2, 0.25) is 5.91 Å². The molecule has 0 spiro atoms. The van der Waals surface area contributed by atoms with Gasteiger partial charge < -0.3 is 10.4 Å². The number of hydrogen-bond acceptors (Lipinski definition) is 5. The van der Waals surface area contributed by atoms with Crippen LogP contribution in [-0.2, 0) is 16.0 Å². The van der Waals surface area contributed by atoms with Crippen LogP contribution in [0, 0.1) is 18.3 Å². The van der Waals surface area contributed by atoms with Crippen LogP contribution in [0.2, 0.25) is 0 Å². The molecule has 2 aromatic rings. The molecule has 0 aliphatic rings. The predicted octanol–water partition coefficient (Wildman–Crippen LogP) is 2.41. The quantitative estimate of drug-likeness (QED) is 0.442. The second-order valence-electron chi connectivity index (χ2n) is 5.37. The van der Waals surface area contributed by atoms with Gasteiger partial charge in [-0.15, -0.1) is 0 Å². The average Bonchev–Trinajstić information content (AvgIpc) is 2.57. The Labute approximate surface area is 145 Å². The summed E-state index contributed by atoms with van der Waals surface area (Å²) in [5, 5.41) is 23.7. The second-order valence-corrected chi connectivity index (χ2v) is 5.37. The van der Waals surface area contributed by atoms with E-state index < -0.39 is 11.8 Å². The molecule has 0 bridgehead atoms. The Morgan fingerprint density at radius 2 is 1.92 bits per heavy atom. The normalized spacial score (nSPS) is 10.6. The van der Waals surface area contributed by atoms with Gasteiger partial charge in [-0.05, 0) is 30.2 Å². The lowest BCUT2D eigenvalue weighted by Gasteiger charge is -2.06. The number of carbonyl (C=O) groups is 2. The minimum absolute atomic E-state index is 0.00546. The summed E-state index contributed by atoms with van der Waals surface area (Å²) < 4.78 is 0. The van der Waals surface area contributed by atoms with E-state index in [-0.39, 0.29) is 17.7 Å². The van der Waals surface area contributed by atoms with Gasteiger partial charge in [-0.25, -0.2) is 0 Å². The third-order valence-corrected chi connectivity index (χ3v) is 3.35. The fourth-order valence-electron chi connectivity index (χ4n) is 2.08. The van der Waals surface area contributed by atoms with Crippen molar-refractivity contribution in [2.45, 2.75) is 13.3 Å². The Balaban J connectivity index is 2.00. The van der Waals surface area contributed by atoms with Gasteiger partial charge in [-0.1, -0.05) is 36.4 Å². The first kappa shape index (κ1) is 17.8. The molecule has 6 heteroatoms. The van der Waals surface area contributed by atoms with Gasteiger partial charge in [0.1, 0.15) is 17.4 Å². The molecule has 0 fully saturated rings. The van der Waals surface area contributed by atoms with Gasteiger partial charge in [0.25, 0.3) is 5.91 Å². The molecule has 0 aliphatic heterocycles. The number of amides is 2. The summed E-state index contributed by atoms with van der Waals surface area (Å²) in [5.74, 6) is -1.31. The highest BCUT2D eigenvalue weighted by Gasteiger charge is 2.13. The molecule has 0 aromatic heterocycles. The molecule has 2 aromatic carbocycles. The molecular weight excluding hydrogens is 318 g/mol. The smallest absolute Gasteiger partial charge is 0.270 e. The molecule has 0 aliphatic carbocycles. The van der Waals surface area contributed by atoms with E-state index >= 15 is 0 Å². The van der Waals surface area contributed by atoms with Gasteiger partial charge >= 0.3 is 0 Å². The Hall–Kier alpha value is -3.59. The van der Waals surface area contributed by atoms with Crippen molar-refractivity contribution in [2.75, 3.05) is 5.32 Å². The summed E-state index contributed by atoms with van der Waals surface area (Å²) in [6.07, 6.45) is 1.19. The number of rotatable bonds is 5. The highest BCUT2D eigenvalue weighted by Crippen LogP contribution is 2.23. The van der Waals surface area contributed by atoms with Gasteiger partial charge in [-0.2, -0.15) is 5.26 Å². The third kappa shape index (κ3) is 5.22. The van der Waals surface area contributed by atoms with Crippen molar-refractivity contribution in [3.05, 3.63) is 71.4 Å². The van der Waals surface area contributed by atoms with E-state index in [1.54, 1.807) is 48.5 Å². The van der Waals surface area contributed by atoms with Crippen LogP contribution in [0.4, 0.5) is 5.69 Å². The lowest BCUT2D eigenvalue weighted by Crippen LogP contribution is -2.32. The van der Waals surface area contributed by atoms with Gasteiger partial charge in [-0.3, -0.25) is 14.9 Å². The Morgan fingerprint density at radius 1 is 1.20 bits per heavy atom. The van der Waals surface area contributed by atoms with Crippen molar-refractivity contribution in [1.82, 2.24) is 5.32 Å². The van der Waals surface area contributed by atoms with Crippen LogP contribution in [0.1, 0.15) is 11.1 Å². The number of nitriles is 1. The summed E-state index contributed by atoms with van der Waals surface area (Å²) in [5.41, 5.74) is 1.71. The number of nitrogens with zero attached hydrogens (tertiary/aromatic N) is 1. The van der Waals surface area contributed by atoms with E-state index in [0.29, 0.717) is 5.69 Å². The van der Waals surface area contributed by atoms with E-state index in [1.807, 2.05) is 13.0 Å². The number of phenols is 1. The zero-order valence-corrected chi connectivity index (χ0v) is 13.6. The number of aryl methyl sites for hydroxylation is 1. The highest BCUT2D eigenvalue weighted by molar-refractivity contribution is 6.07. The molecular formula is C19H17N3O3. The van der Waals surface area contributed by atoms with Crippen LogP contribution in [0.15, 0.2) is 60.3 Å². The molecule has 0 saturated heterocycles. The molecule has 2 amide bonds. The molecule has 126 valence electrons. The SMILES string of the molecule is Cc1ccc(N/C=C(/C#N)C(=O)NC(=O)Cc2ccccc2)c(O)c1. The molecule has 6 nitrogen and oxygen atoms in total. The Kier molecular flexibility index (Phi) is 5.91. The first-order chi connectivity index (χ1) is 12.0. The average molecular weight is 335 g/mol. The predicted molar refractivity (Wildman–Crippen MR) is 93.5 cm³/mol. The molecule has 3 N–H and O–H groups in total. The number of benzene rings is 2. The van der Waals surface area contributed by atoms with E-state index in [4.69, 9.17) is 5.26 Å². The number of carbonyl (C=O) groups excluding carboxylic acids is 2. The number of hydrogen-bond donors (Lipinski definition) is 3. The lowest BCUT2D eigenvalue weighted by atomic mass is 10.1. The molecule has 0 heterocycles. The van der Waals surface area contributed by atoms with Crippen molar-refractivity contribution >= 4 is 17.5 Å². The standard InChI is InChI=1S/C19H17N3O3/c1-13-7-8-16(17(23)9-13)21-12-15(11-20)19(25)22-18(24)10-14-5-3-2-4-6-14/h2-9,12,21,23H,10H2,1H3,(H,22,24,25)/b15-12-. The zero-order valence-electron chi connectivity index (χ0n) is 13.6. The summed E-state index contributed by atoms with van der Waals surface area (Å²) in [4.78, 5) is 23.9. The van der Waals surface area contributed by atoms with Crippen LogP contribution in [0.3, 0.4) is 0 Å². The zero-order chi connectivity index (χ0) is 18.2. The van der Waals surface area contributed by atoms with Crippen molar-refractivity contribution in [2.24, 2.45) is 0 Å². The fourth-order valence-corrected chi connectivity index (χ4v) is 2.08. The summed E-state index contributed by atoms with van der Waals surface area (Å²) >= 11 is 0. The number of aromatic hydroxyl groups is 1. The summed E-state index contributed by atoms with van der Waals surface area (Å²) in [7, 11) is 0. The van der Waals surface area contributed by atoms with Crippen LogP contribution >= 0.6 is 0 Å². The second kappa shape index (κ2) is 8.31. The van der Waals surface area contributed by atoms with Crippen LogP contribution in [0.25, 0.3) is 0 Å². The fraction of sp³-hybridized carbons (Fsp3) is 0.105. The Morgan fingerprint density at radius 3 is 2.56 bits per heavy atom.